The first-order valence-electron chi connectivity index (χ1n) is 7.15. The molecule has 0 spiro atoms. The Morgan fingerprint density at radius 3 is 2.76 bits per heavy atom. The zero-order valence-electron chi connectivity index (χ0n) is 12.8. The van der Waals surface area contributed by atoms with Crippen LogP contribution >= 0.6 is 0 Å². The Balaban J connectivity index is 2.22. The minimum Gasteiger partial charge on any atom is -0.399 e. The highest BCUT2D eigenvalue weighted by atomic mass is 16.2. The first-order chi connectivity index (χ1) is 10.0. The summed E-state index contributed by atoms with van der Waals surface area (Å²) in [5.74, 6) is 0.0184. The Morgan fingerprint density at radius 1 is 1.43 bits per heavy atom. The normalized spacial score (nSPS) is 10.6. The SMILES string of the molecule is CCCN(Cc1cccc(N)c1)C(=O)c1cnn(C)c1C. The monoisotopic (exact) mass is 286 g/mol. The van der Waals surface area contributed by atoms with Gasteiger partial charge in [-0.2, -0.15) is 5.10 Å². The van der Waals surface area contributed by atoms with Crippen molar-refractivity contribution in [2.45, 2.75) is 26.8 Å². The Kier molecular flexibility index (Phi) is 4.62. The number of nitrogens with zero attached hydrogens (tertiary/aromatic N) is 3. The lowest BCUT2D eigenvalue weighted by Gasteiger charge is -2.22. The molecule has 0 fully saturated rings. The van der Waals surface area contributed by atoms with Crippen molar-refractivity contribution in [3.05, 3.63) is 47.3 Å². The summed E-state index contributed by atoms with van der Waals surface area (Å²) in [6.07, 6.45) is 2.55. The van der Waals surface area contributed by atoms with Crippen LogP contribution in [-0.4, -0.2) is 27.1 Å². The zero-order valence-corrected chi connectivity index (χ0v) is 12.8. The number of nitrogens with two attached hydrogens (primary N) is 1. The summed E-state index contributed by atoms with van der Waals surface area (Å²) in [6, 6.07) is 7.66. The Labute approximate surface area is 125 Å². The molecule has 0 aliphatic rings. The predicted octanol–water partition coefficient (Wildman–Crippen LogP) is 2.36. The van der Waals surface area contributed by atoms with E-state index in [9.17, 15) is 4.79 Å². The van der Waals surface area contributed by atoms with Crippen molar-refractivity contribution in [2.75, 3.05) is 12.3 Å². The maximum atomic E-state index is 12.7. The molecule has 0 aliphatic heterocycles. The predicted molar refractivity (Wildman–Crippen MR) is 83.8 cm³/mol. The van der Waals surface area contributed by atoms with E-state index in [1.807, 2.05) is 43.1 Å². The molecule has 2 rings (SSSR count). The van der Waals surface area contributed by atoms with Gasteiger partial charge in [-0.1, -0.05) is 19.1 Å². The number of aryl methyl sites for hydroxylation is 1. The van der Waals surface area contributed by atoms with Gasteiger partial charge in [-0.05, 0) is 31.0 Å². The number of carbonyl (C=O) groups excluding carboxylic acids is 1. The second-order valence-corrected chi connectivity index (χ2v) is 5.24. The average molecular weight is 286 g/mol. The number of anilines is 1. The number of hydrogen-bond donors (Lipinski definition) is 1. The lowest BCUT2D eigenvalue weighted by molar-refractivity contribution is 0.0742. The number of aromatic nitrogens is 2. The smallest absolute Gasteiger partial charge is 0.257 e. The minimum atomic E-state index is 0.0184. The first-order valence-corrected chi connectivity index (χ1v) is 7.15. The summed E-state index contributed by atoms with van der Waals surface area (Å²) in [5.41, 5.74) is 9.11. The van der Waals surface area contributed by atoms with Gasteiger partial charge in [0.1, 0.15) is 0 Å². The molecule has 112 valence electrons. The van der Waals surface area contributed by atoms with Crippen molar-refractivity contribution in [2.24, 2.45) is 7.05 Å². The van der Waals surface area contributed by atoms with Crippen LogP contribution in [0.3, 0.4) is 0 Å². The van der Waals surface area contributed by atoms with Gasteiger partial charge >= 0.3 is 0 Å². The highest BCUT2D eigenvalue weighted by molar-refractivity contribution is 5.95. The van der Waals surface area contributed by atoms with Crippen molar-refractivity contribution in [1.29, 1.82) is 0 Å². The molecule has 0 radical (unpaired) electrons. The van der Waals surface area contributed by atoms with E-state index in [1.54, 1.807) is 10.9 Å². The molecule has 0 saturated heterocycles. The Morgan fingerprint density at radius 2 is 2.19 bits per heavy atom. The average Bonchev–Trinajstić information content (AvgIpc) is 2.78. The van der Waals surface area contributed by atoms with Crippen molar-refractivity contribution in [1.82, 2.24) is 14.7 Å². The number of rotatable bonds is 5. The summed E-state index contributed by atoms with van der Waals surface area (Å²) >= 11 is 0. The van der Waals surface area contributed by atoms with Crippen LogP contribution < -0.4 is 5.73 Å². The first kappa shape index (κ1) is 15.1. The molecule has 0 unspecified atom stereocenters. The van der Waals surface area contributed by atoms with Gasteiger partial charge < -0.3 is 10.6 Å². The molecule has 0 bridgehead atoms. The van der Waals surface area contributed by atoms with E-state index >= 15 is 0 Å². The van der Waals surface area contributed by atoms with Gasteiger partial charge in [-0.3, -0.25) is 9.48 Å². The third kappa shape index (κ3) is 3.42. The fourth-order valence-corrected chi connectivity index (χ4v) is 2.31. The summed E-state index contributed by atoms with van der Waals surface area (Å²) < 4.78 is 1.72. The molecule has 1 aromatic heterocycles. The third-order valence-corrected chi connectivity index (χ3v) is 3.57. The van der Waals surface area contributed by atoms with E-state index in [0.717, 1.165) is 17.7 Å². The molecular weight excluding hydrogens is 264 g/mol. The summed E-state index contributed by atoms with van der Waals surface area (Å²) in [7, 11) is 1.84. The van der Waals surface area contributed by atoms with Crippen LogP contribution in [0.5, 0.6) is 0 Å². The quantitative estimate of drug-likeness (QED) is 0.858. The maximum absolute atomic E-state index is 12.7. The zero-order chi connectivity index (χ0) is 15.4. The van der Waals surface area contributed by atoms with Gasteiger partial charge in [0.25, 0.3) is 5.91 Å². The number of carbonyl (C=O) groups is 1. The van der Waals surface area contributed by atoms with Gasteiger partial charge in [0.2, 0.25) is 0 Å². The van der Waals surface area contributed by atoms with Gasteiger partial charge in [0.05, 0.1) is 11.8 Å². The van der Waals surface area contributed by atoms with Crippen LogP contribution in [-0.2, 0) is 13.6 Å². The second kappa shape index (κ2) is 6.43. The molecule has 0 atom stereocenters. The minimum absolute atomic E-state index is 0.0184. The molecule has 5 nitrogen and oxygen atoms in total. The lowest BCUT2D eigenvalue weighted by Crippen LogP contribution is -2.31. The van der Waals surface area contributed by atoms with Crippen LogP contribution in [0.25, 0.3) is 0 Å². The molecular formula is C16H22N4O. The van der Waals surface area contributed by atoms with Crippen LogP contribution in [0.4, 0.5) is 5.69 Å². The van der Waals surface area contributed by atoms with Crippen molar-refractivity contribution in [3.63, 3.8) is 0 Å². The number of nitrogen functional groups attached to an aromatic ring is 1. The molecule has 1 amide bonds. The lowest BCUT2D eigenvalue weighted by atomic mass is 10.1. The molecule has 5 heteroatoms. The number of amides is 1. The van der Waals surface area contributed by atoms with Crippen LogP contribution in [0.1, 0.15) is 35.0 Å². The van der Waals surface area contributed by atoms with Crippen molar-refractivity contribution < 1.29 is 4.79 Å². The number of benzene rings is 1. The topological polar surface area (TPSA) is 64.2 Å². The summed E-state index contributed by atoms with van der Waals surface area (Å²) in [4.78, 5) is 14.5. The summed E-state index contributed by atoms with van der Waals surface area (Å²) in [5, 5.41) is 4.15. The molecule has 1 aromatic carbocycles. The summed E-state index contributed by atoms with van der Waals surface area (Å²) in [6.45, 7) is 5.24. The molecule has 2 aromatic rings. The molecule has 0 aliphatic carbocycles. The van der Waals surface area contributed by atoms with E-state index in [2.05, 4.69) is 12.0 Å². The van der Waals surface area contributed by atoms with E-state index in [4.69, 9.17) is 5.73 Å². The Hall–Kier alpha value is -2.30. The molecule has 2 N–H and O–H groups in total. The van der Waals surface area contributed by atoms with E-state index in [-0.39, 0.29) is 5.91 Å². The fourth-order valence-electron chi connectivity index (χ4n) is 2.31. The largest absolute Gasteiger partial charge is 0.399 e. The van der Waals surface area contributed by atoms with Gasteiger partial charge in [-0.15, -0.1) is 0 Å². The molecule has 1 heterocycles. The van der Waals surface area contributed by atoms with Crippen LogP contribution in [0, 0.1) is 6.92 Å². The highest BCUT2D eigenvalue weighted by Gasteiger charge is 2.19. The standard InChI is InChI=1S/C16H22N4O/c1-4-8-20(11-13-6-5-7-14(17)9-13)16(21)15-10-18-19(3)12(15)2/h5-7,9-10H,4,8,11,17H2,1-3H3. The third-order valence-electron chi connectivity index (χ3n) is 3.57. The van der Waals surface area contributed by atoms with Crippen LogP contribution in [0.2, 0.25) is 0 Å². The van der Waals surface area contributed by atoms with E-state index in [0.29, 0.717) is 24.3 Å². The van der Waals surface area contributed by atoms with Crippen molar-refractivity contribution >= 4 is 11.6 Å². The Bertz CT molecular complexity index is 633. The van der Waals surface area contributed by atoms with Gasteiger partial charge in [0.15, 0.2) is 0 Å². The van der Waals surface area contributed by atoms with Crippen molar-refractivity contribution in [3.8, 4) is 0 Å². The maximum Gasteiger partial charge on any atom is 0.257 e. The van der Waals surface area contributed by atoms with Gasteiger partial charge in [0, 0.05) is 31.5 Å². The van der Waals surface area contributed by atoms with Gasteiger partial charge in [-0.25, -0.2) is 0 Å². The molecule has 21 heavy (non-hydrogen) atoms. The second-order valence-electron chi connectivity index (χ2n) is 5.24. The molecule has 0 saturated carbocycles. The van der Waals surface area contributed by atoms with Crippen LogP contribution in [0.15, 0.2) is 30.5 Å². The van der Waals surface area contributed by atoms with E-state index in [1.165, 1.54) is 0 Å². The number of hydrogen-bond acceptors (Lipinski definition) is 3. The highest BCUT2D eigenvalue weighted by Crippen LogP contribution is 2.15. The van der Waals surface area contributed by atoms with E-state index < -0.39 is 0 Å². The fraction of sp³-hybridized carbons (Fsp3) is 0.375.